The quantitative estimate of drug-likeness (QED) is 0.857. The average Bonchev–Trinajstić information content (AvgIpc) is 2.31. The number of halogens is 3. The molecule has 0 bridgehead atoms. The maximum absolute atomic E-state index is 10.6. The van der Waals surface area contributed by atoms with Crippen molar-refractivity contribution in [2.45, 2.75) is 6.42 Å². The van der Waals surface area contributed by atoms with E-state index in [9.17, 15) is 4.79 Å². The van der Waals surface area contributed by atoms with Gasteiger partial charge < -0.3 is 5.11 Å². The van der Waals surface area contributed by atoms with Gasteiger partial charge in [-0.15, -0.1) is 0 Å². The lowest BCUT2D eigenvalue weighted by molar-refractivity contribution is -0.136. The molecule has 0 fully saturated rings. The molecule has 1 heterocycles. The number of rotatable bonds is 3. The summed E-state index contributed by atoms with van der Waals surface area (Å²) in [6.07, 6.45) is -0.166. The van der Waals surface area contributed by atoms with Crippen LogP contribution in [-0.4, -0.2) is 16.1 Å². The van der Waals surface area contributed by atoms with Crippen molar-refractivity contribution < 1.29 is 9.90 Å². The first-order chi connectivity index (χ1) is 8.97. The molecule has 0 unspecified atom stereocenters. The zero-order valence-electron chi connectivity index (χ0n) is 9.53. The Morgan fingerprint density at radius 3 is 2.47 bits per heavy atom. The first kappa shape index (κ1) is 14.1. The van der Waals surface area contributed by atoms with E-state index in [2.05, 4.69) is 4.98 Å². The van der Waals surface area contributed by atoms with E-state index < -0.39 is 5.97 Å². The summed E-state index contributed by atoms with van der Waals surface area (Å²) in [4.78, 5) is 14.8. The van der Waals surface area contributed by atoms with Gasteiger partial charge in [-0.25, -0.2) is 4.98 Å². The summed E-state index contributed by atoms with van der Waals surface area (Å²) in [7, 11) is 0. The number of hydrogen-bond acceptors (Lipinski definition) is 2. The van der Waals surface area contributed by atoms with Crippen molar-refractivity contribution in [3.63, 3.8) is 0 Å². The maximum atomic E-state index is 10.6. The molecule has 19 heavy (non-hydrogen) atoms. The van der Waals surface area contributed by atoms with E-state index in [1.807, 2.05) is 0 Å². The van der Waals surface area contributed by atoms with Crippen LogP contribution in [0.4, 0.5) is 0 Å². The third-order valence-electron chi connectivity index (χ3n) is 2.47. The summed E-state index contributed by atoms with van der Waals surface area (Å²) < 4.78 is 0. The monoisotopic (exact) mass is 315 g/mol. The van der Waals surface area contributed by atoms with Gasteiger partial charge in [-0.1, -0.05) is 40.9 Å². The average molecular weight is 317 g/mol. The van der Waals surface area contributed by atoms with E-state index in [1.54, 1.807) is 30.3 Å². The lowest BCUT2D eigenvalue weighted by Crippen LogP contribution is -2.02. The van der Waals surface area contributed by atoms with Crippen molar-refractivity contribution in [3.8, 4) is 11.3 Å². The molecule has 0 aliphatic carbocycles. The van der Waals surface area contributed by atoms with Crippen molar-refractivity contribution in [2.24, 2.45) is 0 Å². The van der Waals surface area contributed by atoms with Gasteiger partial charge in [0.1, 0.15) is 5.15 Å². The molecule has 0 aliphatic heterocycles. The first-order valence-corrected chi connectivity index (χ1v) is 6.43. The molecule has 0 atom stereocenters. The molecular formula is C13H8Cl3NO2. The number of benzene rings is 1. The van der Waals surface area contributed by atoms with E-state index in [4.69, 9.17) is 39.9 Å². The molecular weight excluding hydrogens is 309 g/mol. The molecule has 98 valence electrons. The third-order valence-corrected chi connectivity index (χ3v) is 3.35. The zero-order chi connectivity index (χ0) is 14.0. The summed E-state index contributed by atoms with van der Waals surface area (Å²) in [6.45, 7) is 0. The number of hydrogen-bond donors (Lipinski definition) is 1. The molecule has 0 saturated carbocycles. The van der Waals surface area contributed by atoms with Crippen molar-refractivity contribution in [3.05, 3.63) is 51.1 Å². The molecule has 1 aromatic heterocycles. The Hall–Kier alpha value is -1.29. The van der Waals surface area contributed by atoms with E-state index in [1.165, 1.54) is 0 Å². The van der Waals surface area contributed by atoms with Crippen LogP contribution < -0.4 is 0 Å². The summed E-state index contributed by atoms with van der Waals surface area (Å²) in [5.74, 6) is -0.957. The molecule has 6 heteroatoms. The predicted octanol–water partition coefficient (Wildman–Crippen LogP) is 4.34. The highest BCUT2D eigenvalue weighted by Gasteiger charge is 2.11. The topological polar surface area (TPSA) is 50.2 Å². The minimum atomic E-state index is -0.957. The maximum Gasteiger partial charge on any atom is 0.307 e. The zero-order valence-corrected chi connectivity index (χ0v) is 11.8. The second-order valence-corrected chi connectivity index (χ2v) is 5.04. The molecule has 1 N–H and O–H groups in total. The van der Waals surface area contributed by atoms with E-state index in [-0.39, 0.29) is 11.6 Å². The number of carboxylic acid groups (broad SMARTS) is 1. The summed E-state index contributed by atoms with van der Waals surface area (Å²) in [5.41, 5.74) is 1.72. The molecule has 0 saturated heterocycles. The van der Waals surface area contributed by atoms with Crippen LogP contribution in [0.3, 0.4) is 0 Å². The van der Waals surface area contributed by atoms with Gasteiger partial charge in [0.2, 0.25) is 0 Å². The number of pyridine rings is 1. The molecule has 0 radical (unpaired) electrons. The molecule has 0 aliphatic rings. The van der Waals surface area contributed by atoms with Gasteiger partial charge in [0.15, 0.2) is 0 Å². The largest absolute Gasteiger partial charge is 0.481 e. The van der Waals surface area contributed by atoms with Crippen LogP contribution >= 0.6 is 34.8 Å². The van der Waals surface area contributed by atoms with Crippen molar-refractivity contribution >= 4 is 40.8 Å². The number of carboxylic acids is 1. The van der Waals surface area contributed by atoms with E-state index in [0.29, 0.717) is 26.9 Å². The third kappa shape index (κ3) is 3.38. The van der Waals surface area contributed by atoms with Gasteiger partial charge in [0.25, 0.3) is 0 Å². The lowest BCUT2D eigenvalue weighted by Gasteiger charge is -2.07. The van der Waals surface area contributed by atoms with Crippen LogP contribution in [0.15, 0.2) is 30.3 Å². The van der Waals surface area contributed by atoms with Crippen molar-refractivity contribution in [1.82, 2.24) is 4.98 Å². The van der Waals surface area contributed by atoms with E-state index in [0.717, 1.165) is 0 Å². The Labute approximate surface area is 124 Å². The Kier molecular flexibility index (Phi) is 4.30. The van der Waals surface area contributed by atoms with Gasteiger partial charge in [-0.05, 0) is 24.3 Å². The highest BCUT2D eigenvalue weighted by Crippen LogP contribution is 2.30. The second kappa shape index (κ2) is 5.78. The molecule has 1 aromatic carbocycles. The Morgan fingerprint density at radius 1 is 1.16 bits per heavy atom. The van der Waals surface area contributed by atoms with Crippen LogP contribution in [0, 0.1) is 0 Å². The standard InChI is InChI=1S/C13H8Cl3NO2/c14-8-2-3-9(10(15)6-8)11-4-1-7(5-12(18)19)13(16)17-11/h1-4,6H,5H2,(H,18,19). The smallest absolute Gasteiger partial charge is 0.307 e. The molecule has 2 aromatic rings. The summed E-state index contributed by atoms with van der Waals surface area (Å²) in [6, 6.07) is 8.35. The van der Waals surface area contributed by atoms with E-state index >= 15 is 0 Å². The van der Waals surface area contributed by atoms with Crippen LogP contribution in [0.2, 0.25) is 15.2 Å². The number of nitrogens with zero attached hydrogens (tertiary/aromatic N) is 1. The fourth-order valence-electron chi connectivity index (χ4n) is 1.61. The van der Waals surface area contributed by atoms with Gasteiger partial charge >= 0.3 is 5.97 Å². The predicted molar refractivity (Wildman–Crippen MR) is 76.0 cm³/mol. The van der Waals surface area contributed by atoms with Crippen LogP contribution in [-0.2, 0) is 11.2 Å². The SMILES string of the molecule is O=C(O)Cc1ccc(-c2ccc(Cl)cc2Cl)nc1Cl. The number of carbonyl (C=O) groups is 1. The molecule has 0 spiro atoms. The first-order valence-electron chi connectivity index (χ1n) is 5.30. The van der Waals surface area contributed by atoms with Crippen LogP contribution in [0.25, 0.3) is 11.3 Å². The highest BCUT2D eigenvalue weighted by molar-refractivity contribution is 6.36. The summed E-state index contributed by atoms with van der Waals surface area (Å²) >= 11 is 17.9. The van der Waals surface area contributed by atoms with Gasteiger partial charge in [0.05, 0.1) is 17.1 Å². The Bertz CT molecular complexity index is 644. The minimum absolute atomic E-state index is 0.158. The highest BCUT2D eigenvalue weighted by atomic mass is 35.5. The Balaban J connectivity index is 2.41. The van der Waals surface area contributed by atoms with Crippen molar-refractivity contribution in [1.29, 1.82) is 0 Å². The number of aliphatic carboxylic acids is 1. The van der Waals surface area contributed by atoms with Crippen LogP contribution in [0.1, 0.15) is 5.56 Å². The van der Waals surface area contributed by atoms with Gasteiger partial charge in [0, 0.05) is 16.1 Å². The van der Waals surface area contributed by atoms with Gasteiger partial charge in [-0.2, -0.15) is 0 Å². The van der Waals surface area contributed by atoms with Gasteiger partial charge in [-0.3, -0.25) is 4.79 Å². The fraction of sp³-hybridized carbons (Fsp3) is 0.0769. The van der Waals surface area contributed by atoms with Crippen LogP contribution in [0.5, 0.6) is 0 Å². The lowest BCUT2D eigenvalue weighted by atomic mass is 10.1. The minimum Gasteiger partial charge on any atom is -0.481 e. The normalized spacial score (nSPS) is 10.5. The molecule has 3 nitrogen and oxygen atoms in total. The number of aromatic nitrogens is 1. The molecule has 0 amide bonds. The summed E-state index contributed by atoms with van der Waals surface area (Å²) in [5, 5.41) is 9.88. The Morgan fingerprint density at radius 2 is 1.89 bits per heavy atom. The van der Waals surface area contributed by atoms with Crippen molar-refractivity contribution in [2.75, 3.05) is 0 Å². The second-order valence-electron chi connectivity index (χ2n) is 3.84. The molecule has 2 rings (SSSR count). The fourth-order valence-corrected chi connectivity index (χ4v) is 2.33.